The molecule has 222 valence electrons. The lowest BCUT2D eigenvalue weighted by molar-refractivity contribution is -0.384. The average molecular weight is 666 g/mol. The van der Waals surface area contributed by atoms with Crippen LogP contribution in [0.1, 0.15) is 11.1 Å². The molecule has 43 heavy (non-hydrogen) atoms. The lowest BCUT2D eigenvalue weighted by Gasteiger charge is -2.33. The van der Waals surface area contributed by atoms with E-state index in [9.17, 15) is 28.1 Å². The quantitative estimate of drug-likeness (QED) is 0.169. The topological polar surface area (TPSA) is 130 Å². The first-order chi connectivity index (χ1) is 20.6. The van der Waals surface area contributed by atoms with Crippen LogP contribution < -0.4 is 9.62 Å². The van der Waals surface area contributed by atoms with E-state index >= 15 is 0 Å². The number of amides is 2. The molecule has 0 heterocycles. The number of anilines is 1. The molecule has 0 aliphatic heterocycles. The summed E-state index contributed by atoms with van der Waals surface area (Å²) < 4.78 is 29.5. The molecule has 0 bridgehead atoms. The molecule has 4 aromatic carbocycles. The van der Waals surface area contributed by atoms with Crippen LogP contribution >= 0.6 is 15.9 Å². The fourth-order valence-electron chi connectivity index (χ4n) is 4.54. The first-order valence-corrected chi connectivity index (χ1v) is 15.4. The molecule has 4 rings (SSSR count). The van der Waals surface area contributed by atoms with Gasteiger partial charge in [0.15, 0.2) is 0 Å². The van der Waals surface area contributed by atoms with Gasteiger partial charge in [0, 0.05) is 36.6 Å². The summed E-state index contributed by atoms with van der Waals surface area (Å²) in [6.07, 6.45) is 0.184. The van der Waals surface area contributed by atoms with Crippen molar-refractivity contribution in [1.82, 2.24) is 10.2 Å². The molecule has 0 aromatic heterocycles. The predicted molar refractivity (Wildman–Crippen MR) is 167 cm³/mol. The summed E-state index contributed by atoms with van der Waals surface area (Å²) in [7, 11) is -2.82. The van der Waals surface area contributed by atoms with E-state index in [0.29, 0.717) is 0 Å². The highest BCUT2D eigenvalue weighted by atomic mass is 79.9. The van der Waals surface area contributed by atoms with Crippen LogP contribution in [0.15, 0.2) is 119 Å². The molecule has 0 spiro atoms. The number of nitro groups is 1. The van der Waals surface area contributed by atoms with Gasteiger partial charge in [-0.2, -0.15) is 0 Å². The Morgan fingerprint density at radius 1 is 0.884 bits per heavy atom. The highest BCUT2D eigenvalue weighted by Crippen LogP contribution is 2.27. The van der Waals surface area contributed by atoms with E-state index in [1.54, 1.807) is 24.3 Å². The number of nitro benzene ring substituents is 1. The average Bonchev–Trinajstić information content (AvgIpc) is 3.02. The van der Waals surface area contributed by atoms with Crippen LogP contribution in [0.2, 0.25) is 0 Å². The van der Waals surface area contributed by atoms with Gasteiger partial charge in [-0.25, -0.2) is 8.42 Å². The van der Waals surface area contributed by atoms with Crippen molar-refractivity contribution in [2.75, 3.05) is 17.9 Å². The Kier molecular flexibility index (Phi) is 10.3. The number of rotatable bonds is 12. The molecule has 10 nitrogen and oxygen atoms in total. The normalized spacial score (nSPS) is 11.8. The maximum absolute atomic E-state index is 14.2. The Hall–Kier alpha value is -4.55. The Balaban J connectivity index is 1.79. The Labute approximate surface area is 258 Å². The summed E-state index contributed by atoms with van der Waals surface area (Å²) in [4.78, 5) is 39.5. The zero-order chi connectivity index (χ0) is 31.0. The summed E-state index contributed by atoms with van der Waals surface area (Å²) >= 11 is 3.44. The SMILES string of the molecule is CNC(=O)[C@@H](Cc1ccccc1)N(Cc1cccc(Br)c1)C(=O)CN(c1ccc([N+](=O)[O-])cc1)S(=O)(=O)c1ccccc1. The van der Waals surface area contributed by atoms with Gasteiger partial charge < -0.3 is 10.2 Å². The number of hydrogen-bond acceptors (Lipinski definition) is 6. The fraction of sp³-hybridized carbons (Fsp3) is 0.161. The van der Waals surface area contributed by atoms with E-state index in [4.69, 9.17) is 0 Å². The maximum atomic E-state index is 14.2. The maximum Gasteiger partial charge on any atom is 0.269 e. The minimum atomic E-state index is -4.30. The molecule has 1 N–H and O–H groups in total. The molecule has 0 unspecified atom stereocenters. The fourth-order valence-corrected chi connectivity index (χ4v) is 6.42. The Morgan fingerprint density at radius 2 is 1.49 bits per heavy atom. The largest absolute Gasteiger partial charge is 0.357 e. The van der Waals surface area contributed by atoms with E-state index < -0.39 is 39.3 Å². The van der Waals surface area contributed by atoms with E-state index in [1.165, 1.54) is 48.3 Å². The second-order valence-corrected chi connectivity index (χ2v) is 12.3. The molecule has 0 radical (unpaired) electrons. The molecule has 0 aliphatic rings. The van der Waals surface area contributed by atoms with Crippen LogP contribution in [0.5, 0.6) is 0 Å². The van der Waals surface area contributed by atoms with Crippen LogP contribution in [-0.2, 0) is 32.6 Å². The summed E-state index contributed by atoms with van der Waals surface area (Å²) in [6, 6.07) is 28.0. The second-order valence-electron chi connectivity index (χ2n) is 9.57. The summed E-state index contributed by atoms with van der Waals surface area (Å²) in [6.45, 7) is -0.645. The third-order valence-corrected chi connectivity index (χ3v) is 9.00. The van der Waals surface area contributed by atoms with Crippen LogP contribution in [0.25, 0.3) is 0 Å². The van der Waals surface area contributed by atoms with E-state index in [0.717, 1.165) is 19.9 Å². The third-order valence-electron chi connectivity index (χ3n) is 6.72. The number of nitrogens with one attached hydrogen (secondary N) is 1. The first kappa shape index (κ1) is 31.4. The molecule has 1 atom stereocenters. The van der Waals surface area contributed by atoms with Gasteiger partial charge in [0.05, 0.1) is 15.5 Å². The number of benzene rings is 4. The van der Waals surface area contributed by atoms with E-state index in [-0.39, 0.29) is 29.2 Å². The highest BCUT2D eigenvalue weighted by Gasteiger charge is 2.34. The lowest BCUT2D eigenvalue weighted by Crippen LogP contribution is -2.53. The van der Waals surface area contributed by atoms with Crippen molar-refractivity contribution in [2.24, 2.45) is 0 Å². The van der Waals surface area contributed by atoms with E-state index in [2.05, 4.69) is 21.2 Å². The van der Waals surface area contributed by atoms with Crippen molar-refractivity contribution in [1.29, 1.82) is 0 Å². The molecule has 0 saturated carbocycles. The minimum Gasteiger partial charge on any atom is -0.357 e. The van der Waals surface area contributed by atoms with Crippen molar-refractivity contribution in [2.45, 2.75) is 23.9 Å². The van der Waals surface area contributed by atoms with Gasteiger partial charge in [-0.3, -0.25) is 24.0 Å². The van der Waals surface area contributed by atoms with Crippen molar-refractivity contribution >= 4 is 49.1 Å². The third kappa shape index (κ3) is 7.85. The molecular weight excluding hydrogens is 636 g/mol. The summed E-state index contributed by atoms with van der Waals surface area (Å²) in [5, 5.41) is 13.9. The number of halogens is 1. The number of nitrogens with zero attached hydrogens (tertiary/aromatic N) is 3. The van der Waals surface area contributed by atoms with Crippen LogP contribution in [0.4, 0.5) is 11.4 Å². The van der Waals surface area contributed by atoms with Gasteiger partial charge in [0.1, 0.15) is 12.6 Å². The summed E-state index contributed by atoms with van der Waals surface area (Å²) in [5.74, 6) is -1.05. The Morgan fingerprint density at radius 3 is 2.07 bits per heavy atom. The molecule has 0 fully saturated rings. The number of hydrogen-bond donors (Lipinski definition) is 1. The number of non-ortho nitro benzene ring substituents is 1. The van der Waals surface area contributed by atoms with Gasteiger partial charge >= 0.3 is 0 Å². The van der Waals surface area contributed by atoms with Gasteiger partial charge in [-0.15, -0.1) is 0 Å². The first-order valence-electron chi connectivity index (χ1n) is 13.2. The van der Waals surface area contributed by atoms with Crippen molar-refractivity contribution in [3.8, 4) is 0 Å². The monoisotopic (exact) mass is 664 g/mol. The predicted octanol–water partition coefficient (Wildman–Crippen LogP) is 4.94. The second kappa shape index (κ2) is 14.1. The van der Waals surface area contributed by atoms with Gasteiger partial charge in [-0.05, 0) is 47.5 Å². The Bertz CT molecular complexity index is 1690. The molecule has 12 heteroatoms. The van der Waals surface area contributed by atoms with Gasteiger partial charge in [0.25, 0.3) is 15.7 Å². The number of sulfonamides is 1. The number of carbonyl (C=O) groups excluding carboxylic acids is 2. The van der Waals surface area contributed by atoms with Crippen LogP contribution in [0, 0.1) is 10.1 Å². The number of carbonyl (C=O) groups is 2. The van der Waals surface area contributed by atoms with Gasteiger partial charge in [-0.1, -0.05) is 76.6 Å². The zero-order valence-corrected chi connectivity index (χ0v) is 25.6. The van der Waals surface area contributed by atoms with Crippen molar-refractivity contribution in [3.05, 3.63) is 135 Å². The highest BCUT2D eigenvalue weighted by molar-refractivity contribution is 9.10. The smallest absolute Gasteiger partial charge is 0.269 e. The molecule has 4 aromatic rings. The van der Waals surface area contributed by atoms with Crippen LogP contribution in [0.3, 0.4) is 0 Å². The van der Waals surface area contributed by atoms with Gasteiger partial charge in [0.2, 0.25) is 11.8 Å². The molecule has 0 saturated heterocycles. The summed E-state index contributed by atoms with van der Waals surface area (Å²) in [5.41, 5.74) is 1.36. The van der Waals surface area contributed by atoms with Crippen molar-refractivity contribution in [3.63, 3.8) is 0 Å². The van der Waals surface area contributed by atoms with Crippen molar-refractivity contribution < 1.29 is 22.9 Å². The molecule has 2 amide bonds. The molecule has 0 aliphatic carbocycles. The standard InChI is InChI=1S/C31H29BrN4O6S/c1-33-31(38)29(20-23-9-4-2-5-10-23)34(21-24-11-8-12-25(32)19-24)30(37)22-35(26-15-17-27(18-16-26)36(39)40)43(41,42)28-13-6-3-7-14-28/h2-19,29H,20-22H2,1H3,(H,33,38)/t29-/m1/s1. The minimum absolute atomic E-state index is 0.0165. The zero-order valence-electron chi connectivity index (χ0n) is 23.2. The van der Waals surface area contributed by atoms with Crippen LogP contribution in [-0.4, -0.2) is 49.7 Å². The number of likely N-dealkylation sites (N-methyl/N-ethyl adjacent to an activating group) is 1. The lowest BCUT2D eigenvalue weighted by atomic mass is 10.0. The molecular formula is C31H29BrN4O6S. The van der Waals surface area contributed by atoms with E-state index in [1.807, 2.05) is 48.5 Å².